The fraction of sp³-hybridized carbons (Fsp3) is 0.400. The normalized spacial score (nSPS) is 15.2. The predicted molar refractivity (Wildman–Crippen MR) is 139 cm³/mol. The number of fused-ring (bicyclic) bond motifs is 1. The summed E-state index contributed by atoms with van der Waals surface area (Å²) in [6.45, 7) is 4.61. The molecule has 0 spiro atoms. The number of pyridine rings is 1. The number of hydrogen-bond acceptors (Lipinski definition) is 6. The third-order valence-electron chi connectivity index (χ3n) is 6.65. The van der Waals surface area contributed by atoms with Gasteiger partial charge in [0.2, 0.25) is 17.0 Å². The number of nitrogens with one attached hydrogen (secondary N) is 1. The number of halogens is 1. The zero-order chi connectivity index (χ0) is 27.4. The van der Waals surface area contributed by atoms with Gasteiger partial charge in [-0.05, 0) is 42.3 Å². The largest absolute Gasteiger partial charge is 0.465 e. The number of hydrogen-bond donors (Lipinski definition) is 3. The topological polar surface area (TPSA) is 139 Å². The molecule has 38 heavy (non-hydrogen) atoms. The van der Waals surface area contributed by atoms with Crippen molar-refractivity contribution in [3.63, 3.8) is 0 Å². The van der Waals surface area contributed by atoms with Crippen molar-refractivity contribution < 1.29 is 32.3 Å². The molecule has 3 aromatic rings. The maximum Gasteiger partial charge on any atom is 0.407 e. The van der Waals surface area contributed by atoms with Crippen molar-refractivity contribution in [2.75, 3.05) is 46.3 Å². The molecule has 1 saturated heterocycles. The molecule has 0 saturated carbocycles. The van der Waals surface area contributed by atoms with E-state index in [1.54, 1.807) is 0 Å². The molecule has 1 fully saturated rings. The first-order chi connectivity index (χ1) is 18.2. The van der Waals surface area contributed by atoms with Crippen LogP contribution in [0.15, 0.2) is 34.7 Å². The number of carbonyl (C=O) groups excluding carboxylic acids is 1. The van der Waals surface area contributed by atoms with Gasteiger partial charge in [0.1, 0.15) is 11.6 Å². The van der Waals surface area contributed by atoms with Crippen LogP contribution in [0.2, 0.25) is 0 Å². The Morgan fingerprint density at radius 1 is 1.21 bits per heavy atom. The van der Waals surface area contributed by atoms with Gasteiger partial charge in [-0.25, -0.2) is 18.4 Å². The van der Waals surface area contributed by atoms with Crippen LogP contribution in [0.5, 0.6) is 0 Å². The van der Waals surface area contributed by atoms with Crippen LogP contribution in [-0.2, 0) is 24.2 Å². The first kappa shape index (κ1) is 27.6. The molecule has 1 unspecified atom stereocenters. The lowest BCUT2D eigenvalue weighted by atomic mass is 10.0. The first-order valence-electron chi connectivity index (χ1n) is 12.2. The molecule has 2 amide bonds. The number of rotatable bonds is 9. The molecular formula is C25H30FN5O6S. The predicted octanol–water partition coefficient (Wildman–Crippen LogP) is 2.79. The van der Waals surface area contributed by atoms with Crippen LogP contribution < -0.4 is 5.32 Å². The van der Waals surface area contributed by atoms with Gasteiger partial charge in [-0.1, -0.05) is 6.92 Å². The highest BCUT2D eigenvalue weighted by molar-refractivity contribution is 7.76. The highest BCUT2D eigenvalue weighted by atomic mass is 32.2. The minimum Gasteiger partial charge on any atom is -0.465 e. The van der Waals surface area contributed by atoms with Gasteiger partial charge in [0.15, 0.2) is 0 Å². The summed E-state index contributed by atoms with van der Waals surface area (Å²) in [7, 11) is 1.51. The Balaban J connectivity index is 1.61. The van der Waals surface area contributed by atoms with E-state index in [2.05, 4.69) is 10.3 Å². The summed E-state index contributed by atoms with van der Waals surface area (Å²) in [5.41, 5.74) is 2.33. The third kappa shape index (κ3) is 6.01. The fourth-order valence-electron chi connectivity index (χ4n) is 4.49. The first-order valence-corrected chi connectivity index (χ1v) is 13.3. The van der Waals surface area contributed by atoms with Crippen LogP contribution in [0.4, 0.5) is 9.18 Å². The lowest BCUT2D eigenvalue weighted by molar-refractivity contribution is 0.0964. The van der Waals surface area contributed by atoms with E-state index in [4.69, 9.17) is 9.52 Å². The standard InChI is InChI=1S/C25H30FN5O6S/c1-3-16-14-19-21(23(32)27-2)22(17-4-6-18(26)7-5-17)37-24(19)28-20(16)15-31(38(35)36)13-10-29-8-11-30(12-9-29)25(33)34/h4-7,14H,3,8-13,15H2,1-2H3,(H,27,32)(H,33,34)(H,35,36). The van der Waals surface area contributed by atoms with Crippen molar-refractivity contribution in [1.82, 2.24) is 24.4 Å². The number of benzene rings is 1. The maximum absolute atomic E-state index is 13.5. The fourth-order valence-corrected chi connectivity index (χ4v) is 4.96. The molecule has 13 heteroatoms. The molecule has 3 heterocycles. The van der Waals surface area contributed by atoms with Crippen LogP contribution in [0.1, 0.15) is 28.5 Å². The highest BCUT2D eigenvalue weighted by Gasteiger charge is 2.26. The van der Waals surface area contributed by atoms with E-state index in [1.807, 2.05) is 17.9 Å². The van der Waals surface area contributed by atoms with E-state index in [0.717, 1.165) is 5.56 Å². The third-order valence-corrected chi connectivity index (χ3v) is 7.40. The van der Waals surface area contributed by atoms with Crippen LogP contribution in [0.3, 0.4) is 0 Å². The maximum atomic E-state index is 13.5. The van der Waals surface area contributed by atoms with Crippen LogP contribution in [0.25, 0.3) is 22.4 Å². The molecule has 11 nitrogen and oxygen atoms in total. The summed E-state index contributed by atoms with van der Waals surface area (Å²) in [6.07, 6.45) is -0.387. The van der Waals surface area contributed by atoms with E-state index < -0.39 is 23.2 Å². The van der Waals surface area contributed by atoms with Gasteiger partial charge in [0.05, 0.1) is 23.2 Å². The summed E-state index contributed by atoms with van der Waals surface area (Å²) in [5.74, 6) is -0.532. The number of piperazine rings is 1. The van der Waals surface area contributed by atoms with Gasteiger partial charge in [-0.2, -0.15) is 4.31 Å². The smallest absolute Gasteiger partial charge is 0.407 e. The molecule has 1 aromatic carbocycles. The molecule has 0 bridgehead atoms. The Bertz CT molecular complexity index is 1340. The van der Waals surface area contributed by atoms with Crippen molar-refractivity contribution in [1.29, 1.82) is 0 Å². The van der Waals surface area contributed by atoms with Gasteiger partial charge in [0.25, 0.3) is 5.91 Å². The lowest BCUT2D eigenvalue weighted by Crippen LogP contribution is -2.50. The zero-order valence-electron chi connectivity index (χ0n) is 21.1. The monoisotopic (exact) mass is 547 g/mol. The SMILES string of the molecule is CCc1cc2c(C(=O)NC)c(-c3ccc(F)cc3)oc2nc1CN(CCN1CCN(C(=O)O)CC1)S(=O)O. The van der Waals surface area contributed by atoms with Crippen molar-refractivity contribution in [2.45, 2.75) is 19.9 Å². The van der Waals surface area contributed by atoms with Crippen molar-refractivity contribution in [3.8, 4) is 11.3 Å². The minimum atomic E-state index is -2.27. The Morgan fingerprint density at radius 2 is 1.89 bits per heavy atom. The second-order valence-electron chi connectivity index (χ2n) is 8.90. The highest BCUT2D eigenvalue weighted by Crippen LogP contribution is 2.34. The number of furan rings is 1. The Kier molecular flexibility index (Phi) is 8.72. The van der Waals surface area contributed by atoms with Gasteiger partial charge in [-0.15, -0.1) is 0 Å². The lowest BCUT2D eigenvalue weighted by Gasteiger charge is -2.33. The summed E-state index contributed by atoms with van der Waals surface area (Å²) in [5, 5.41) is 12.2. The van der Waals surface area contributed by atoms with Gasteiger partial charge in [-0.3, -0.25) is 14.2 Å². The van der Waals surface area contributed by atoms with E-state index in [9.17, 15) is 22.7 Å². The average molecular weight is 548 g/mol. The summed E-state index contributed by atoms with van der Waals surface area (Å²) < 4.78 is 43.0. The van der Waals surface area contributed by atoms with Gasteiger partial charge < -0.3 is 19.7 Å². The van der Waals surface area contributed by atoms with E-state index in [-0.39, 0.29) is 36.0 Å². The molecule has 204 valence electrons. The molecule has 1 atom stereocenters. The molecule has 1 aliphatic heterocycles. The van der Waals surface area contributed by atoms with Crippen LogP contribution in [-0.4, -0.2) is 91.3 Å². The Labute approximate surface area is 221 Å². The summed E-state index contributed by atoms with van der Waals surface area (Å²) in [6, 6.07) is 7.41. The number of amides is 2. The molecule has 2 aromatic heterocycles. The van der Waals surface area contributed by atoms with E-state index in [1.165, 1.54) is 40.5 Å². The molecule has 1 aliphatic rings. The second kappa shape index (κ2) is 12.0. The van der Waals surface area contributed by atoms with Gasteiger partial charge in [0, 0.05) is 51.9 Å². The van der Waals surface area contributed by atoms with Gasteiger partial charge >= 0.3 is 6.09 Å². The number of aryl methyl sites for hydroxylation is 1. The molecule has 0 aliphatic carbocycles. The number of carbonyl (C=O) groups is 2. The second-order valence-corrected chi connectivity index (χ2v) is 9.88. The summed E-state index contributed by atoms with van der Waals surface area (Å²) in [4.78, 5) is 32.0. The molecule has 4 rings (SSSR count). The molecular weight excluding hydrogens is 517 g/mol. The molecule has 3 N–H and O–H groups in total. The number of carboxylic acid groups (broad SMARTS) is 1. The number of aromatic nitrogens is 1. The zero-order valence-corrected chi connectivity index (χ0v) is 22.0. The quantitative estimate of drug-likeness (QED) is 0.348. The minimum absolute atomic E-state index is 0.0687. The van der Waals surface area contributed by atoms with E-state index >= 15 is 0 Å². The van der Waals surface area contributed by atoms with Crippen LogP contribution >= 0.6 is 0 Å². The Hall–Kier alpha value is -3.39. The Morgan fingerprint density at radius 3 is 2.47 bits per heavy atom. The van der Waals surface area contributed by atoms with Crippen LogP contribution in [0, 0.1) is 5.82 Å². The van der Waals surface area contributed by atoms with Crippen molar-refractivity contribution in [3.05, 3.63) is 53.0 Å². The van der Waals surface area contributed by atoms with E-state index in [0.29, 0.717) is 55.8 Å². The molecule has 0 radical (unpaired) electrons. The number of nitrogens with zero attached hydrogens (tertiary/aromatic N) is 4. The van der Waals surface area contributed by atoms with Crippen molar-refractivity contribution in [2.24, 2.45) is 0 Å². The van der Waals surface area contributed by atoms with Crippen molar-refractivity contribution >= 4 is 34.4 Å². The average Bonchev–Trinajstić information content (AvgIpc) is 3.28. The summed E-state index contributed by atoms with van der Waals surface area (Å²) >= 11 is -2.27.